The van der Waals surface area contributed by atoms with Gasteiger partial charge in [-0.15, -0.1) is 0 Å². The first-order chi connectivity index (χ1) is 19.1. The Balaban J connectivity index is 1.49. The van der Waals surface area contributed by atoms with Gasteiger partial charge in [-0.2, -0.15) is 8.42 Å². The third kappa shape index (κ3) is 5.89. The molecule has 4 aromatic rings. The third-order valence-electron chi connectivity index (χ3n) is 6.00. The summed E-state index contributed by atoms with van der Waals surface area (Å²) < 4.78 is 31.9. The van der Waals surface area contributed by atoms with E-state index in [0.29, 0.717) is 21.7 Å². The Hall–Kier alpha value is -4.12. The molecule has 1 aliphatic rings. The van der Waals surface area contributed by atoms with Crippen molar-refractivity contribution < 1.29 is 27.0 Å². The molecule has 1 saturated heterocycles. The number of nitrogens with one attached hydrogen (secondary N) is 1. The van der Waals surface area contributed by atoms with Crippen LogP contribution in [0.25, 0.3) is 16.8 Å². The quantitative estimate of drug-likeness (QED) is 0.194. The Morgan fingerprint density at radius 1 is 0.975 bits per heavy atom. The van der Waals surface area contributed by atoms with Gasteiger partial charge in [-0.05, 0) is 76.6 Å². The van der Waals surface area contributed by atoms with Gasteiger partial charge >= 0.3 is 10.1 Å². The first-order valence-electron chi connectivity index (χ1n) is 11.9. The van der Waals surface area contributed by atoms with Crippen molar-refractivity contribution in [2.75, 3.05) is 5.32 Å². The second-order valence-corrected chi connectivity index (χ2v) is 11.8. The van der Waals surface area contributed by atoms with Gasteiger partial charge in [0.2, 0.25) is 5.91 Å². The minimum atomic E-state index is -4.28. The zero-order valence-corrected chi connectivity index (χ0v) is 23.3. The third-order valence-corrected chi connectivity index (χ3v) is 8.40. The van der Waals surface area contributed by atoms with Crippen LogP contribution in [-0.4, -0.2) is 30.4 Å². The van der Waals surface area contributed by atoms with Gasteiger partial charge in [0.15, 0.2) is 5.75 Å². The summed E-state index contributed by atoms with van der Waals surface area (Å²) in [5.41, 5.74) is 1.51. The first kappa shape index (κ1) is 27.4. The van der Waals surface area contributed by atoms with Crippen LogP contribution in [0.1, 0.15) is 18.1 Å². The minimum absolute atomic E-state index is 0.00543. The maximum Gasteiger partial charge on any atom is 0.339 e. The van der Waals surface area contributed by atoms with Crippen molar-refractivity contribution in [2.24, 2.45) is 0 Å². The van der Waals surface area contributed by atoms with Crippen LogP contribution in [-0.2, 0) is 26.3 Å². The molecule has 0 radical (unpaired) electrons. The second kappa shape index (κ2) is 11.2. The van der Waals surface area contributed by atoms with E-state index in [1.807, 2.05) is 12.1 Å². The van der Waals surface area contributed by atoms with Gasteiger partial charge in [0.25, 0.3) is 11.1 Å². The summed E-state index contributed by atoms with van der Waals surface area (Å²) in [5.74, 6) is -0.792. The molecule has 1 aliphatic heterocycles. The van der Waals surface area contributed by atoms with E-state index in [1.54, 1.807) is 42.5 Å². The fourth-order valence-corrected chi connectivity index (χ4v) is 6.00. The summed E-state index contributed by atoms with van der Waals surface area (Å²) in [7, 11) is -4.28. The molecule has 0 spiro atoms. The lowest BCUT2D eigenvalue weighted by molar-refractivity contribution is -0.123. The normalized spacial score (nSPS) is 14.7. The molecule has 8 nitrogen and oxygen atoms in total. The molecule has 0 bridgehead atoms. The Morgan fingerprint density at radius 2 is 1.68 bits per heavy atom. The molecule has 5 rings (SSSR count). The van der Waals surface area contributed by atoms with Crippen molar-refractivity contribution in [2.45, 2.75) is 18.4 Å². The highest BCUT2D eigenvalue weighted by molar-refractivity contribution is 8.18. The SMILES string of the molecule is CC(=O)Nc1ccc(S(=O)(=O)Oc2ccc3ccccc3c2/C=C2\SC(=O)N(Cc3ccc(Cl)cc3)C2=O)cc1. The van der Waals surface area contributed by atoms with Gasteiger partial charge in [-0.3, -0.25) is 19.3 Å². The molecule has 1 fully saturated rings. The molecule has 3 amide bonds. The lowest BCUT2D eigenvalue weighted by Gasteiger charge is -2.14. The van der Waals surface area contributed by atoms with E-state index in [-0.39, 0.29) is 28.0 Å². The number of fused-ring (bicyclic) bond motifs is 1. The molecular formula is C29H21ClN2O6S2. The Morgan fingerprint density at radius 3 is 2.38 bits per heavy atom. The lowest BCUT2D eigenvalue weighted by Crippen LogP contribution is -2.27. The number of nitrogens with zero attached hydrogens (tertiary/aromatic N) is 1. The van der Waals surface area contributed by atoms with Crippen LogP contribution in [0.2, 0.25) is 5.02 Å². The summed E-state index contributed by atoms with van der Waals surface area (Å²) in [6, 6.07) is 22.8. The maximum absolute atomic E-state index is 13.3. The number of imide groups is 1. The van der Waals surface area contributed by atoms with Crippen LogP contribution in [0, 0.1) is 0 Å². The summed E-state index contributed by atoms with van der Waals surface area (Å²) in [6.45, 7) is 1.42. The minimum Gasteiger partial charge on any atom is -0.378 e. The zero-order valence-electron chi connectivity index (χ0n) is 21.0. The monoisotopic (exact) mass is 592 g/mol. The Bertz CT molecular complexity index is 1790. The van der Waals surface area contributed by atoms with Crippen LogP contribution in [0.3, 0.4) is 0 Å². The number of hydrogen-bond donors (Lipinski definition) is 1. The van der Waals surface area contributed by atoms with E-state index in [1.165, 1.54) is 43.3 Å². The number of carbonyl (C=O) groups is 3. The van der Waals surface area contributed by atoms with Crippen molar-refractivity contribution in [1.82, 2.24) is 4.90 Å². The molecule has 202 valence electrons. The molecule has 11 heteroatoms. The molecule has 1 heterocycles. The van der Waals surface area contributed by atoms with E-state index in [9.17, 15) is 22.8 Å². The molecule has 0 saturated carbocycles. The smallest absolute Gasteiger partial charge is 0.339 e. The van der Waals surface area contributed by atoms with Gasteiger partial charge in [-0.1, -0.05) is 54.1 Å². The average molecular weight is 593 g/mol. The van der Waals surface area contributed by atoms with E-state index in [2.05, 4.69) is 5.32 Å². The molecule has 40 heavy (non-hydrogen) atoms. The van der Waals surface area contributed by atoms with Crippen molar-refractivity contribution in [1.29, 1.82) is 0 Å². The zero-order chi connectivity index (χ0) is 28.4. The second-order valence-electron chi connectivity index (χ2n) is 8.84. The summed E-state index contributed by atoms with van der Waals surface area (Å²) in [4.78, 5) is 38.4. The number of thioether (sulfide) groups is 1. The summed E-state index contributed by atoms with van der Waals surface area (Å²) in [6.07, 6.45) is 1.49. The summed E-state index contributed by atoms with van der Waals surface area (Å²) >= 11 is 6.71. The van der Waals surface area contributed by atoms with Gasteiger partial charge in [0, 0.05) is 23.2 Å². The van der Waals surface area contributed by atoms with Crippen LogP contribution in [0.15, 0.2) is 94.7 Å². The van der Waals surface area contributed by atoms with Crippen molar-refractivity contribution in [3.63, 3.8) is 0 Å². The van der Waals surface area contributed by atoms with Gasteiger partial charge in [0.1, 0.15) is 4.90 Å². The molecule has 0 atom stereocenters. The topological polar surface area (TPSA) is 110 Å². The number of hydrogen-bond acceptors (Lipinski definition) is 7. The van der Waals surface area contributed by atoms with Crippen molar-refractivity contribution in [3.8, 4) is 5.75 Å². The van der Waals surface area contributed by atoms with Gasteiger partial charge < -0.3 is 9.50 Å². The number of benzene rings is 4. The van der Waals surface area contributed by atoms with E-state index >= 15 is 0 Å². The van der Waals surface area contributed by atoms with E-state index < -0.39 is 21.3 Å². The molecule has 1 N–H and O–H groups in total. The fourth-order valence-electron chi connectivity index (χ4n) is 4.11. The number of amides is 3. The standard InChI is InChI=1S/C29H21ClN2O6S2/c1-18(33)31-22-11-13-23(14-12-22)40(36,37)38-26-15-8-20-4-2-3-5-24(20)25(26)16-27-28(34)32(29(35)39-27)17-19-6-9-21(30)10-7-19/h2-16H,17H2,1H3,(H,31,33)/b27-16-. The first-order valence-corrected chi connectivity index (χ1v) is 14.5. The van der Waals surface area contributed by atoms with Gasteiger partial charge in [-0.25, -0.2) is 0 Å². The molecule has 0 aliphatic carbocycles. The average Bonchev–Trinajstić information content (AvgIpc) is 3.18. The summed E-state index contributed by atoms with van der Waals surface area (Å²) in [5, 5.41) is 4.11. The van der Waals surface area contributed by atoms with E-state index in [0.717, 1.165) is 27.6 Å². The number of halogens is 1. The Labute approximate surface area is 239 Å². The Kier molecular flexibility index (Phi) is 7.66. The number of anilines is 1. The highest BCUT2D eigenvalue weighted by Crippen LogP contribution is 2.38. The van der Waals surface area contributed by atoms with Crippen LogP contribution in [0.4, 0.5) is 10.5 Å². The van der Waals surface area contributed by atoms with Crippen LogP contribution in [0.5, 0.6) is 5.75 Å². The van der Waals surface area contributed by atoms with Crippen LogP contribution >= 0.6 is 23.4 Å². The number of rotatable bonds is 7. The molecule has 0 aromatic heterocycles. The van der Waals surface area contributed by atoms with Gasteiger partial charge in [0.05, 0.1) is 11.4 Å². The van der Waals surface area contributed by atoms with Crippen molar-refractivity contribution in [3.05, 3.63) is 106 Å². The van der Waals surface area contributed by atoms with Crippen LogP contribution < -0.4 is 9.50 Å². The lowest BCUT2D eigenvalue weighted by atomic mass is 10.0. The highest BCUT2D eigenvalue weighted by Gasteiger charge is 2.35. The highest BCUT2D eigenvalue weighted by atomic mass is 35.5. The largest absolute Gasteiger partial charge is 0.378 e. The fraction of sp³-hybridized carbons (Fsp3) is 0.0690. The van der Waals surface area contributed by atoms with E-state index in [4.69, 9.17) is 15.8 Å². The predicted octanol–water partition coefficient (Wildman–Crippen LogP) is 6.46. The predicted molar refractivity (Wildman–Crippen MR) is 155 cm³/mol. The molecule has 4 aromatic carbocycles. The number of carbonyl (C=O) groups excluding carboxylic acids is 3. The van der Waals surface area contributed by atoms with Crippen molar-refractivity contribution >= 4 is 73.1 Å². The molecular weight excluding hydrogens is 572 g/mol. The molecule has 0 unspecified atom stereocenters. The maximum atomic E-state index is 13.3.